The summed E-state index contributed by atoms with van der Waals surface area (Å²) in [6.07, 6.45) is 6.73. The van der Waals surface area contributed by atoms with Crippen molar-refractivity contribution in [3.8, 4) is 0 Å². The number of rotatable bonds is 14. The molecule has 0 aliphatic rings. The third kappa shape index (κ3) is 8.50. The Kier molecular flexibility index (Phi) is 11.6. The van der Waals surface area contributed by atoms with Crippen molar-refractivity contribution in [2.45, 2.75) is 47.0 Å². The molecule has 10 heteroatoms. The van der Waals surface area contributed by atoms with Crippen molar-refractivity contribution in [1.29, 1.82) is 0 Å². The van der Waals surface area contributed by atoms with Gasteiger partial charge in [0.25, 0.3) is 0 Å². The molecular weight excluding hydrogens is 688 g/mol. The zero-order valence-corrected chi connectivity index (χ0v) is 31.4. The summed E-state index contributed by atoms with van der Waals surface area (Å²) >= 11 is 15.5. The van der Waals surface area contributed by atoms with Crippen molar-refractivity contribution < 1.29 is 0 Å². The van der Waals surface area contributed by atoms with Crippen molar-refractivity contribution in [2.24, 2.45) is 9.98 Å². The number of aryl methyl sites for hydroxylation is 2. The van der Waals surface area contributed by atoms with Crippen molar-refractivity contribution in [3.05, 3.63) is 105 Å². The van der Waals surface area contributed by atoms with Gasteiger partial charge in [-0.15, -0.1) is 0 Å². The average Bonchev–Trinajstić information content (AvgIpc) is 3.71. The van der Waals surface area contributed by atoms with E-state index in [4.69, 9.17) is 43.2 Å². The lowest BCUT2D eigenvalue weighted by Crippen LogP contribution is -2.22. The highest BCUT2D eigenvalue weighted by Gasteiger charge is 2.12. The standard InChI is InChI=1S/C39H40Cl2N6S2/c1-5-46(6-2)32-16-12-28(24-42-38-44-34-22-30(40)14-18-36(34)48-38)26(20-32)10-9-11-27-21-33(47(7-3)8-4)17-13-29(27)25-43-39-45-35-23-31(41)15-19-37(35)49-39/h12-25H,5-11H2,1-4H3/b42-24+,43-25+. The molecule has 0 amide bonds. The first-order chi connectivity index (χ1) is 23.9. The molecule has 252 valence electrons. The zero-order chi connectivity index (χ0) is 34.3. The van der Waals surface area contributed by atoms with Crippen molar-refractivity contribution in [1.82, 2.24) is 9.97 Å². The maximum Gasteiger partial charge on any atom is 0.210 e. The van der Waals surface area contributed by atoms with Gasteiger partial charge in [-0.05, 0) is 130 Å². The van der Waals surface area contributed by atoms with E-state index < -0.39 is 0 Å². The van der Waals surface area contributed by atoms with Gasteiger partial charge >= 0.3 is 0 Å². The van der Waals surface area contributed by atoms with Gasteiger partial charge in [-0.1, -0.05) is 58.0 Å². The Labute approximate surface area is 306 Å². The second-order valence-corrected chi connectivity index (χ2v) is 14.6. The Balaban J connectivity index is 1.27. The molecule has 2 aromatic heterocycles. The summed E-state index contributed by atoms with van der Waals surface area (Å²) in [5.41, 5.74) is 9.01. The molecule has 2 heterocycles. The average molecular weight is 728 g/mol. The largest absolute Gasteiger partial charge is 0.372 e. The molecule has 4 aromatic carbocycles. The number of hydrogen-bond acceptors (Lipinski definition) is 8. The third-order valence-electron chi connectivity index (χ3n) is 8.71. The second-order valence-electron chi connectivity index (χ2n) is 11.7. The van der Waals surface area contributed by atoms with Gasteiger partial charge in [0.2, 0.25) is 10.3 Å². The first kappa shape index (κ1) is 35.0. The summed E-state index contributed by atoms with van der Waals surface area (Å²) in [5, 5.41) is 2.82. The van der Waals surface area contributed by atoms with Crippen LogP contribution in [0, 0.1) is 0 Å². The van der Waals surface area contributed by atoms with E-state index >= 15 is 0 Å². The molecule has 0 saturated heterocycles. The Bertz CT molecular complexity index is 1960. The van der Waals surface area contributed by atoms with Gasteiger partial charge in [-0.3, -0.25) is 0 Å². The lowest BCUT2D eigenvalue weighted by Gasteiger charge is -2.23. The van der Waals surface area contributed by atoms with E-state index in [1.165, 1.54) is 22.5 Å². The zero-order valence-electron chi connectivity index (χ0n) is 28.3. The predicted molar refractivity (Wildman–Crippen MR) is 216 cm³/mol. The van der Waals surface area contributed by atoms with Crippen LogP contribution in [0.25, 0.3) is 20.4 Å². The van der Waals surface area contributed by atoms with Crippen LogP contribution in [0.5, 0.6) is 0 Å². The molecule has 6 nitrogen and oxygen atoms in total. The molecule has 0 aliphatic carbocycles. The minimum atomic E-state index is 0.682. The van der Waals surface area contributed by atoms with Crippen LogP contribution in [0.1, 0.15) is 56.4 Å². The maximum absolute atomic E-state index is 6.20. The number of hydrogen-bond donors (Lipinski definition) is 0. The van der Waals surface area contributed by atoms with Crippen LogP contribution >= 0.6 is 45.9 Å². The van der Waals surface area contributed by atoms with Gasteiger partial charge in [0.05, 0.1) is 20.4 Å². The summed E-state index contributed by atoms with van der Waals surface area (Å²) in [6.45, 7) is 12.6. The molecule has 0 fully saturated rings. The van der Waals surface area contributed by atoms with E-state index in [0.717, 1.165) is 87.3 Å². The van der Waals surface area contributed by atoms with Gasteiger partial charge < -0.3 is 9.80 Å². The van der Waals surface area contributed by atoms with Crippen molar-refractivity contribution in [2.75, 3.05) is 36.0 Å². The van der Waals surface area contributed by atoms with Crippen LogP contribution in [0.4, 0.5) is 21.6 Å². The fourth-order valence-corrected chi connectivity index (χ4v) is 7.96. The fraction of sp³-hybridized carbons (Fsp3) is 0.282. The molecule has 49 heavy (non-hydrogen) atoms. The molecular formula is C39H40Cl2N6S2. The number of aromatic nitrogens is 2. The van der Waals surface area contributed by atoms with Gasteiger partial charge in [0.15, 0.2) is 0 Å². The normalized spacial score (nSPS) is 11.9. The number of fused-ring (bicyclic) bond motifs is 2. The van der Waals surface area contributed by atoms with Crippen molar-refractivity contribution in [3.63, 3.8) is 0 Å². The summed E-state index contributed by atoms with van der Waals surface area (Å²) in [6, 6.07) is 25.0. The molecule has 0 atom stereocenters. The number of thiazole rings is 2. The summed E-state index contributed by atoms with van der Waals surface area (Å²) in [7, 11) is 0. The number of benzene rings is 4. The van der Waals surface area contributed by atoms with Crippen LogP contribution in [0.2, 0.25) is 10.0 Å². The van der Waals surface area contributed by atoms with Gasteiger partial charge in [-0.2, -0.15) is 0 Å². The number of anilines is 2. The molecule has 0 bridgehead atoms. The topological polar surface area (TPSA) is 57.0 Å². The van der Waals surface area contributed by atoms with Gasteiger partial charge in [-0.25, -0.2) is 20.0 Å². The van der Waals surface area contributed by atoms with E-state index in [-0.39, 0.29) is 0 Å². The minimum absolute atomic E-state index is 0.682. The van der Waals surface area contributed by atoms with Gasteiger partial charge in [0.1, 0.15) is 0 Å². The van der Waals surface area contributed by atoms with E-state index in [1.54, 1.807) is 22.7 Å². The number of halogens is 2. The Morgan fingerprint density at radius 2 is 1.02 bits per heavy atom. The number of nitrogens with zero attached hydrogens (tertiary/aromatic N) is 6. The lowest BCUT2D eigenvalue weighted by atomic mass is 9.96. The first-order valence-electron chi connectivity index (χ1n) is 16.8. The minimum Gasteiger partial charge on any atom is -0.372 e. The van der Waals surface area contributed by atoms with Crippen LogP contribution in [0.15, 0.2) is 82.8 Å². The summed E-state index contributed by atoms with van der Waals surface area (Å²) < 4.78 is 2.15. The lowest BCUT2D eigenvalue weighted by molar-refractivity contribution is 0.811. The highest BCUT2D eigenvalue weighted by Crippen LogP contribution is 2.32. The van der Waals surface area contributed by atoms with E-state index in [9.17, 15) is 0 Å². The molecule has 0 aliphatic heterocycles. The second kappa shape index (κ2) is 16.3. The smallest absolute Gasteiger partial charge is 0.210 e. The molecule has 0 spiro atoms. The first-order valence-corrected chi connectivity index (χ1v) is 19.2. The molecule has 6 aromatic rings. The van der Waals surface area contributed by atoms with E-state index in [1.807, 2.05) is 48.8 Å². The van der Waals surface area contributed by atoms with E-state index in [0.29, 0.717) is 10.0 Å². The Morgan fingerprint density at radius 1 is 0.592 bits per heavy atom. The van der Waals surface area contributed by atoms with Crippen LogP contribution in [0.3, 0.4) is 0 Å². The highest BCUT2D eigenvalue weighted by molar-refractivity contribution is 7.22. The maximum atomic E-state index is 6.20. The molecule has 0 radical (unpaired) electrons. The van der Waals surface area contributed by atoms with E-state index in [2.05, 4.69) is 73.9 Å². The van der Waals surface area contributed by atoms with Crippen molar-refractivity contribution >= 4 is 100 Å². The summed E-state index contributed by atoms with van der Waals surface area (Å²) in [5.74, 6) is 0. The predicted octanol–water partition coefficient (Wildman–Crippen LogP) is 11.6. The quantitative estimate of drug-likeness (QED) is 0.105. The molecule has 0 N–H and O–H groups in total. The third-order valence-corrected chi connectivity index (χ3v) is 11.1. The number of aliphatic imine (C=N–C) groups is 2. The fourth-order valence-electron chi connectivity index (χ4n) is 6.05. The monoisotopic (exact) mass is 726 g/mol. The Hall–Kier alpha value is -3.82. The van der Waals surface area contributed by atoms with Crippen LogP contribution < -0.4 is 9.80 Å². The molecule has 6 rings (SSSR count). The van der Waals surface area contributed by atoms with Crippen LogP contribution in [-0.4, -0.2) is 48.6 Å². The molecule has 0 saturated carbocycles. The Morgan fingerprint density at radius 3 is 1.43 bits per heavy atom. The van der Waals surface area contributed by atoms with Crippen LogP contribution in [-0.2, 0) is 12.8 Å². The van der Waals surface area contributed by atoms with Gasteiger partial charge in [0, 0.05) is 60.0 Å². The highest BCUT2D eigenvalue weighted by atomic mass is 35.5. The molecule has 0 unspecified atom stereocenters. The summed E-state index contributed by atoms with van der Waals surface area (Å²) in [4.78, 5) is 23.8. The SMILES string of the molecule is CCN(CC)c1ccc(/C=N/c2nc3cc(Cl)ccc3s2)c(CCCc2cc(N(CC)CC)ccc2/C=N/c2nc3cc(Cl)ccc3s2)c1.